The molecule has 2 saturated heterocycles. The molecule has 3 rings (SSSR count). The molecule has 0 saturated carbocycles. The Morgan fingerprint density at radius 1 is 1.45 bits per heavy atom. The smallest absolute Gasteiger partial charge is 0.237 e. The van der Waals surface area contributed by atoms with Gasteiger partial charge in [-0.2, -0.15) is 0 Å². The Bertz CT molecular complexity index is 487. The number of likely N-dealkylation sites (tertiary alicyclic amines) is 1. The zero-order chi connectivity index (χ0) is 15.4. The van der Waals surface area contributed by atoms with Gasteiger partial charge in [0.05, 0.1) is 11.7 Å². The molecule has 0 bridgehead atoms. The highest BCUT2D eigenvalue weighted by atomic mass is 16.2. The van der Waals surface area contributed by atoms with Gasteiger partial charge < -0.3 is 10.6 Å². The Morgan fingerprint density at radius 2 is 2.36 bits per heavy atom. The van der Waals surface area contributed by atoms with Gasteiger partial charge in [0.2, 0.25) is 5.91 Å². The molecule has 0 spiro atoms. The largest absolute Gasteiger partial charge is 0.352 e. The summed E-state index contributed by atoms with van der Waals surface area (Å²) in [7, 11) is 0. The number of nitrogens with zero attached hydrogens (tertiary/aromatic N) is 2. The van der Waals surface area contributed by atoms with E-state index in [9.17, 15) is 4.79 Å². The maximum Gasteiger partial charge on any atom is 0.237 e. The molecule has 5 heteroatoms. The number of piperidine rings is 1. The Balaban J connectivity index is 1.48. The number of amides is 1. The summed E-state index contributed by atoms with van der Waals surface area (Å²) < 4.78 is 0. The minimum Gasteiger partial charge on any atom is -0.352 e. The lowest BCUT2D eigenvalue weighted by molar-refractivity contribution is -0.124. The quantitative estimate of drug-likeness (QED) is 0.876. The number of hydrogen-bond donors (Lipinski definition) is 2. The van der Waals surface area contributed by atoms with Crippen LogP contribution in [-0.2, 0) is 11.3 Å². The van der Waals surface area contributed by atoms with E-state index in [2.05, 4.69) is 33.5 Å². The molecular formula is C17H26N4O. The topological polar surface area (TPSA) is 57.3 Å². The first-order valence-electron chi connectivity index (χ1n) is 8.38. The predicted molar refractivity (Wildman–Crippen MR) is 86.3 cm³/mol. The predicted octanol–water partition coefficient (Wildman–Crippen LogP) is 1.16. The van der Waals surface area contributed by atoms with E-state index in [0.717, 1.165) is 51.1 Å². The van der Waals surface area contributed by atoms with E-state index in [1.807, 2.05) is 18.3 Å². The van der Waals surface area contributed by atoms with Crippen molar-refractivity contribution in [2.24, 2.45) is 5.92 Å². The van der Waals surface area contributed by atoms with Gasteiger partial charge in [-0.05, 0) is 43.9 Å². The monoisotopic (exact) mass is 302 g/mol. The van der Waals surface area contributed by atoms with E-state index in [1.54, 1.807) is 0 Å². The zero-order valence-electron chi connectivity index (χ0n) is 13.3. The second-order valence-corrected chi connectivity index (χ2v) is 6.59. The molecule has 1 amide bonds. The van der Waals surface area contributed by atoms with Gasteiger partial charge >= 0.3 is 0 Å². The third-order valence-corrected chi connectivity index (χ3v) is 4.81. The zero-order valence-corrected chi connectivity index (χ0v) is 13.3. The number of hydrogen-bond acceptors (Lipinski definition) is 4. The van der Waals surface area contributed by atoms with Crippen LogP contribution in [0.3, 0.4) is 0 Å². The molecule has 0 radical (unpaired) electrons. The highest BCUT2D eigenvalue weighted by Gasteiger charge is 2.30. The van der Waals surface area contributed by atoms with Crippen molar-refractivity contribution in [2.45, 2.75) is 44.8 Å². The van der Waals surface area contributed by atoms with Crippen molar-refractivity contribution in [3.63, 3.8) is 0 Å². The number of rotatable bonds is 4. The number of aromatic nitrogens is 1. The summed E-state index contributed by atoms with van der Waals surface area (Å²) in [6.07, 6.45) is 4.95. The van der Waals surface area contributed by atoms with Gasteiger partial charge in [-0.25, -0.2) is 0 Å². The van der Waals surface area contributed by atoms with Crippen LogP contribution in [0.2, 0.25) is 0 Å². The van der Waals surface area contributed by atoms with Gasteiger partial charge in [-0.1, -0.05) is 13.0 Å². The van der Waals surface area contributed by atoms with Gasteiger partial charge in [-0.3, -0.25) is 14.7 Å². The molecule has 0 aliphatic carbocycles. The second-order valence-electron chi connectivity index (χ2n) is 6.59. The number of carbonyl (C=O) groups is 1. The Kier molecular flexibility index (Phi) is 5.05. The molecule has 2 aliphatic heterocycles. The van der Waals surface area contributed by atoms with Crippen molar-refractivity contribution in [2.75, 3.05) is 19.6 Å². The summed E-state index contributed by atoms with van der Waals surface area (Å²) >= 11 is 0. The molecule has 3 heterocycles. The summed E-state index contributed by atoms with van der Waals surface area (Å²) in [5.41, 5.74) is 1.12. The first-order chi connectivity index (χ1) is 10.7. The summed E-state index contributed by atoms with van der Waals surface area (Å²) in [5.74, 6) is 0.662. The maximum absolute atomic E-state index is 12.2. The molecule has 2 unspecified atom stereocenters. The number of carbonyl (C=O) groups excluding carboxylic acids is 1. The molecule has 2 aliphatic rings. The SMILES string of the molecule is CC1CN(Cc2ccccn2)CCC1NC(=O)[C@@H]1CCCN1. The molecule has 22 heavy (non-hydrogen) atoms. The molecule has 2 fully saturated rings. The molecule has 120 valence electrons. The fourth-order valence-corrected chi connectivity index (χ4v) is 3.50. The molecule has 0 aromatic carbocycles. The van der Waals surface area contributed by atoms with Crippen molar-refractivity contribution < 1.29 is 4.79 Å². The van der Waals surface area contributed by atoms with Gasteiger partial charge in [0.15, 0.2) is 0 Å². The third-order valence-electron chi connectivity index (χ3n) is 4.81. The third kappa shape index (κ3) is 3.84. The second kappa shape index (κ2) is 7.20. The minimum atomic E-state index is 0.0266. The lowest BCUT2D eigenvalue weighted by Gasteiger charge is -2.37. The number of nitrogens with one attached hydrogen (secondary N) is 2. The van der Waals surface area contributed by atoms with Crippen LogP contribution in [0.25, 0.3) is 0 Å². The van der Waals surface area contributed by atoms with E-state index < -0.39 is 0 Å². The van der Waals surface area contributed by atoms with Crippen molar-refractivity contribution in [3.05, 3.63) is 30.1 Å². The fraction of sp³-hybridized carbons (Fsp3) is 0.647. The molecule has 2 N–H and O–H groups in total. The van der Waals surface area contributed by atoms with Gasteiger partial charge in [0, 0.05) is 31.9 Å². The van der Waals surface area contributed by atoms with Crippen LogP contribution in [0.4, 0.5) is 0 Å². The Labute approximate surface area is 132 Å². The van der Waals surface area contributed by atoms with Gasteiger partial charge in [-0.15, -0.1) is 0 Å². The summed E-state index contributed by atoms with van der Waals surface area (Å²) in [6.45, 7) is 6.13. The summed E-state index contributed by atoms with van der Waals surface area (Å²) in [4.78, 5) is 19.1. The van der Waals surface area contributed by atoms with Crippen molar-refractivity contribution >= 4 is 5.91 Å². The van der Waals surface area contributed by atoms with Crippen molar-refractivity contribution in [1.82, 2.24) is 20.5 Å². The first kappa shape index (κ1) is 15.4. The minimum absolute atomic E-state index is 0.0266. The summed E-state index contributed by atoms with van der Waals surface area (Å²) in [6, 6.07) is 6.39. The first-order valence-corrected chi connectivity index (χ1v) is 8.38. The van der Waals surface area contributed by atoms with Crippen LogP contribution < -0.4 is 10.6 Å². The summed E-state index contributed by atoms with van der Waals surface area (Å²) in [5, 5.41) is 6.52. The lowest BCUT2D eigenvalue weighted by Crippen LogP contribution is -2.53. The van der Waals surface area contributed by atoms with E-state index >= 15 is 0 Å². The van der Waals surface area contributed by atoms with Crippen LogP contribution in [0, 0.1) is 5.92 Å². The van der Waals surface area contributed by atoms with Crippen LogP contribution in [-0.4, -0.2) is 47.5 Å². The fourth-order valence-electron chi connectivity index (χ4n) is 3.50. The molecule has 1 aromatic rings. The van der Waals surface area contributed by atoms with Crippen molar-refractivity contribution in [3.8, 4) is 0 Å². The Hall–Kier alpha value is -1.46. The maximum atomic E-state index is 12.2. The van der Waals surface area contributed by atoms with Crippen LogP contribution in [0.15, 0.2) is 24.4 Å². The van der Waals surface area contributed by atoms with Gasteiger partial charge in [0.1, 0.15) is 0 Å². The van der Waals surface area contributed by atoms with E-state index in [1.165, 1.54) is 0 Å². The van der Waals surface area contributed by atoms with Crippen LogP contribution in [0.5, 0.6) is 0 Å². The molecule has 1 aromatic heterocycles. The standard InChI is InChI=1S/C17H26N4O/c1-13-11-21(12-14-5-2-3-8-18-14)10-7-15(13)20-17(22)16-6-4-9-19-16/h2-3,5,8,13,15-16,19H,4,6-7,9-12H2,1H3,(H,20,22)/t13?,15?,16-/m0/s1. The normalized spacial score (nSPS) is 29.4. The van der Waals surface area contributed by atoms with E-state index in [4.69, 9.17) is 0 Å². The molecule has 5 nitrogen and oxygen atoms in total. The average Bonchev–Trinajstić information content (AvgIpc) is 3.05. The van der Waals surface area contributed by atoms with Crippen LogP contribution in [0.1, 0.15) is 31.9 Å². The molecule has 3 atom stereocenters. The van der Waals surface area contributed by atoms with Crippen molar-refractivity contribution in [1.29, 1.82) is 0 Å². The van der Waals surface area contributed by atoms with E-state index in [-0.39, 0.29) is 11.9 Å². The Morgan fingerprint density at radius 3 is 3.05 bits per heavy atom. The number of pyridine rings is 1. The lowest BCUT2D eigenvalue weighted by atomic mass is 9.93. The molecular weight excluding hydrogens is 276 g/mol. The average molecular weight is 302 g/mol. The van der Waals surface area contributed by atoms with E-state index in [0.29, 0.717) is 12.0 Å². The van der Waals surface area contributed by atoms with Crippen LogP contribution >= 0.6 is 0 Å². The highest BCUT2D eigenvalue weighted by molar-refractivity contribution is 5.82. The van der Waals surface area contributed by atoms with Gasteiger partial charge in [0.25, 0.3) is 0 Å². The highest BCUT2D eigenvalue weighted by Crippen LogP contribution is 2.19.